The van der Waals surface area contributed by atoms with Gasteiger partial charge >= 0.3 is 5.97 Å². The minimum Gasteiger partial charge on any atom is -0.465 e. The maximum absolute atomic E-state index is 11.3. The number of rotatable bonds is 5. The van der Waals surface area contributed by atoms with Gasteiger partial charge in [-0.15, -0.1) is 0 Å². The molecule has 0 aliphatic heterocycles. The van der Waals surface area contributed by atoms with E-state index >= 15 is 0 Å². The summed E-state index contributed by atoms with van der Waals surface area (Å²) in [5.74, 6) is -0.299. The van der Waals surface area contributed by atoms with Crippen LogP contribution in [0.5, 0.6) is 0 Å². The maximum Gasteiger partial charge on any atom is 0.337 e. The number of esters is 1. The van der Waals surface area contributed by atoms with Gasteiger partial charge in [-0.2, -0.15) is 0 Å². The molecule has 0 saturated carbocycles. The molecule has 0 spiro atoms. The number of hydrogen-bond acceptors (Lipinski definition) is 4. The van der Waals surface area contributed by atoms with Gasteiger partial charge in [0.05, 0.1) is 12.7 Å². The van der Waals surface area contributed by atoms with E-state index in [0.717, 1.165) is 18.8 Å². The van der Waals surface area contributed by atoms with Crippen molar-refractivity contribution in [1.29, 1.82) is 0 Å². The van der Waals surface area contributed by atoms with Crippen LogP contribution in [-0.2, 0) is 4.74 Å². The van der Waals surface area contributed by atoms with Gasteiger partial charge < -0.3 is 14.5 Å². The standard InChI is InChI=1S/C13H20N2O2/c1-14(2)9-10-15(3)12-7-5-11(6-8-12)13(16)17-4/h5-8H,9-10H2,1-4H3. The third kappa shape index (κ3) is 4.07. The number of likely N-dealkylation sites (N-methyl/N-ethyl adjacent to an activating group) is 2. The van der Waals surface area contributed by atoms with Gasteiger partial charge in [-0.3, -0.25) is 0 Å². The Morgan fingerprint density at radius 2 is 1.71 bits per heavy atom. The molecule has 94 valence electrons. The van der Waals surface area contributed by atoms with E-state index in [4.69, 9.17) is 0 Å². The van der Waals surface area contributed by atoms with Crippen molar-refractivity contribution in [2.24, 2.45) is 0 Å². The van der Waals surface area contributed by atoms with Gasteiger partial charge in [-0.25, -0.2) is 4.79 Å². The van der Waals surface area contributed by atoms with Crippen LogP contribution >= 0.6 is 0 Å². The van der Waals surface area contributed by atoms with Crippen LogP contribution in [0, 0.1) is 0 Å². The summed E-state index contributed by atoms with van der Waals surface area (Å²) in [4.78, 5) is 15.6. The minimum atomic E-state index is -0.299. The highest BCUT2D eigenvalue weighted by atomic mass is 16.5. The fraction of sp³-hybridized carbons (Fsp3) is 0.462. The zero-order valence-corrected chi connectivity index (χ0v) is 10.9. The molecule has 0 amide bonds. The number of anilines is 1. The topological polar surface area (TPSA) is 32.8 Å². The molecule has 0 N–H and O–H groups in total. The van der Waals surface area contributed by atoms with Crippen LogP contribution < -0.4 is 4.90 Å². The normalized spacial score (nSPS) is 10.4. The van der Waals surface area contributed by atoms with Crippen LogP contribution in [0.3, 0.4) is 0 Å². The summed E-state index contributed by atoms with van der Waals surface area (Å²) in [5, 5.41) is 0. The van der Waals surface area contributed by atoms with Crippen molar-refractivity contribution in [1.82, 2.24) is 4.90 Å². The van der Waals surface area contributed by atoms with E-state index < -0.39 is 0 Å². The molecule has 0 radical (unpaired) electrons. The summed E-state index contributed by atoms with van der Waals surface area (Å²) in [6, 6.07) is 7.44. The highest BCUT2D eigenvalue weighted by molar-refractivity contribution is 5.89. The van der Waals surface area contributed by atoms with E-state index in [1.807, 2.05) is 33.3 Å². The largest absolute Gasteiger partial charge is 0.465 e. The Morgan fingerprint density at radius 1 is 1.12 bits per heavy atom. The van der Waals surface area contributed by atoms with Crippen LogP contribution in [0.4, 0.5) is 5.69 Å². The van der Waals surface area contributed by atoms with Crippen molar-refractivity contribution in [3.63, 3.8) is 0 Å². The first-order chi connectivity index (χ1) is 8.04. The number of hydrogen-bond donors (Lipinski definition) is 0. The molecule has 4 heteroatoms. The second-order valence-corrected chi connectivity index (χ2v) is 4.26. The van der Waals surface area contributed by atoms with Crippen LogP contribution in [0.15, 0.2) is 24.3 Å². The molecule has 0 aliphatic rings. The Morgan fingerprint density at radius 3 is 2.18 bits per heavy atom. The molecule has 0 unspecified atom stereocenters. The van der Waals surface area contributed by atoms with Gasteiger partial charge in [0.25, 0.3) is 0 Å². The first-order valence-corrected chi connectivity index (χ1v) is 5.59. The molecule has 0 heterocycles. The predicted molar refractivity (Wildman–Crippen MR) is 69.6 cm³/mol. The molecule has 1 aromatic carbocycles. The van der Waals surface area contributed by atoms with Gasteiger partial charge in [0.1, 0.15) is 0 Å². The molecule has 1 aromatic rings. The average molecular weight is 236 g/mol. The van der Waals surface area contributed by atoms with Gasteiger partial charge in [-0.1, -0.05) is 0 Å². The summed E-state index contributed by atoms with van der Waals surface area (Å²) in [6.45, 7) is 1.94. The molecule has 0 aliphatic carbocycles. The molecule has 1 rings (SSSR count). The van der Waals surface area contributed by atoms with Crippen molar-refractivity contribution >= 4 is 11.7 Å². The zero-order valence-electron chi connectivity index (χ0n) is 10.9. The Bertz CT molecular complexity index is 360. The van der Waals surface area contributed by atoms with E-state index in [2.05, 4.69) is 14.5 Å². The first kappa shape index (κ1) is 13.5. The molecule has 17 heavy (non-hydrogen) atoms. The fourth-order valence-corrected chi connectivity index (χ4v) is 1.45. The van der Waals surface area contributed by atoms with E-state index in [0.29, 0.717) is 5.56 Å². The number of carbonyl (C=O) groups is 1. The molecule has 0 bridgehead atoms. The number of methoxy groups -OCH3 is 1. The van der Waals surface area contributed by atoms with Gasteiger partial charge in [-0.05, 0) is 38.4 Å². The third-order valence-corrected chi connectivity index (χ3v) is 2.61. The summed E-state index contributed by atoms with van der Waals surface area (Å²) in [7, 11) is 7.53. The van der Waals surface area contributed by atoms with E-state index in [-0.39, 0.29) is 5.97 Å². The van der Waals surface area contributed by atoms with E-state index in [9.17, 15) is 4.79 Å². The number of ether oxygens (including phenoxy) is 1. The molecular formula is C13H20N2O2. The molecular weight excluding hydrogens is 216 g/mol. The summed E-state index contributed by atoms with van der Waals surface area (Å²) >= 11 is 0. The Balaban J connectivity index is 2.63. The smallest absolute Gasteiger partial charge is 0.337 e. The summed E-state index contributed by atoms with van der Waals surface area (Å²) in [5.41, 5.74) is 1.68. The second-order valence-electron chi connectivity index (χ2n) is 4.26. The van der Waals surface area contributed by atoms with Gasteiger partial charge in [0, 0.05) is 25.8 Å². The quantitative estimate of drug-likeness (QED) is 0.725. The zero-order chi connectivity index (χ0) is 12.8. The van der Waals surface area contributed by atoms with Gasteiger partial charge in [0.15, 0.2) is 0 Å². The van der Waals surface area contributed by atoms with E-state index in [1.165, 1.54) is 7.11 Å². The molecule has 4 nitrogen and oxygen atoms in total. The summed E-state index contributed by atoms with van der Waals surface area (Å²) < 4.78 is 4.66. The van der Waals surface area contributed by atoms with E-state index in [1.54, 1.807) is 12.1 Å². The minimum absolute atomic E-state index is 0.299. The lowest BCUT2D eigenvalue weighted by molar-refractivity contribution is 0.0601. The van der Waals surface area contributed by atoms with Crippen molar-refractivity contribution in [3.05, 3.63) is 29.8 Å². The SMILES string of the molecule is COC(=O)c1ccc(N(C)CCN(C)C)cc1. The lowest BCUT2D eigenvalue weighted by atomic mass is 10.2. The highest BCUT2D eigenvalue weighted by Gasteiger charge is 2.06. The predicted octanol–water partition coefficient (Wildman–Crippen LogP) is 1.47. The molecule has 0 fully saturated rings. The monoisotopic (exact) mass is 236 g/mol. The van der Waals surface area contributed by atoms with Crippen LogP contribution in [0.25, 0.3) is 0 Å². The molecule has 0 saturated heterocycles. The van der Waals surface area contributed by atoms with Crippen molar-refractivity contribution < 1.29 is 9.53 Å². The highest BCUT2D eigenvalue weighted by Crippen LogP contribution is 2.14. The first-order valence-electron chi connectivity index (χ1n) is 5.59. The van der Waals surface area contributed by atoms with Crippen LogP contribution in [0.2, 0.25) is 0 Å². The van der Waals surface area contributed by atoms with Crippen LogP contribution in [-0.4, -0.2) is 52.2 Å². The van der Waals surface area contributed by atoms with Crippen molar-refractivity contribution in [3.8, 4) is 0 Å². The Labute approximate surface area is 103 Å². The van der Waals surface area contributed by atoms with Crippen molar-refractivity contribution in [2.45, 2.75) is 0 Å². The average Bonchev–Trinajstić information content (AvgIpc) is 2.35. The molecule has 0 atom stereocenters. The lowest BCUT2D eigenvalue weighted by Gasteiger charge is -2.21. The van der Waals surface area contributed by atoms with Gasteiger partial charge in [0.2, 0.25) is 0 Å². The Kier molecular flexibility index (Phi) is 4.97. The number of benzene rings is 1. The second kappa shape index (κ2) is 6.25. The lowest BCUT2D eigenvalue weighted by Crippen LogP contribution is -2.28. The summed E-state index contributed by atoms with van der Waals surface area (Å²) in [6.07, 6.45) is 0. The number of nitrogens with zero attached hydrogens (tertiary/aromatic N) is 2. The maximum atomic E-state index is 11.3. The Hall–Kier alpha value is -1.55. The third-order valence-electron chi connectivity index (χ3n) is 2.61. The molecule has 0 aromatic heterocycles. The number of carbonyl (C=O) groups excluding carboxylic acids is 1. The fourth-order valence-electron chi connectivity index (χ4n) is 1.45. The van der Waals surface area contributed by atoms with Crippen molar-refractivity contribution in [2.75, 3.05) is 46.2 Å². The van der Waals surface area contributed by atoms with Crippen LogP contribution in [0.1, 0.15) is 10.4 Å².